The van der Waals surface area contributed by atoms with E-state index in [-0.39, 0.29) is 20.7 Å². The van der Waals surface area contributed by atoms with Crippen LogP contribution in [0.3, 0.4) is 0 Å². The second kappa shape index (κ2) is 3.49. The first kappa shape index (κ1) is 7.44. The van der Waals surface area contributed by atoms with Crippen LogP contribution in [-0.2, 0) is 4.74 Å². The summed E-state index contributed by atoms with van der Waals surface area (Å²) in [5.74, 6) is -0.285. The maximum atomic E-state index is 10.9. The van der Waals surface area contributed by atoms with Crippen LogP contribution < -0.4 is 0 Å². The van der Waals surface area contributed by atoms with Crippen molar-refractivity contribution in [3.05, 3.63) is 10.6 Å². The third kappa shape index (κ3) is 1.65. The predicted octanol–water partition coefficient (Wildman–Crippen LogP) is -0.290. The fourth-order valence-corrected chi connectivity index (χ4v) is 1.32. The van der Waals surface area contributed by atoms with Gasteiger partial charge in [0, 0.05) is 0 Å². The van der Waals surface area contributed by atoms with E-state index in [0.717, 1.165) is 0 Å². The van der Waals surface area contributed by atoms with Gasteiger partial charge in [0.05, 0.1) is 0 Å². The Bertz CT molecular complexity index is 209. The molecule has 0 aromatic carbocycles. The van der Waals surface area contributed by atoms with E-state index in [2.05, 4.69) is 9.19 Å². The predicted molar refractivity (Wildman–Crippen MR) is 34.9 cm³/mol. The van der Waals surface area contributed by atoms with Crippen molar-refractivity contribution in [3.63, 3.8) is 0 Å². The summed E-state index contributed by atoms with van der Waals surface area (Å²) in [4.78, 5) is 10.9. The number of ether oxygens (including phenoxy) is 1. The molecule has 1 aromatic rings. The molecule has 5 heteroatoms. The summed E-state index contributed by atoms with van der Waals surface area (Å²) in [6.07, 6.45) is 1.46. The van der Waals surface area contributed by atoms with Crippen LogP contribution in [0.5, 0.6) is 0 Å². The first-order chi connectivity index (χ1) is 4.84. The zero-order valence-corrected chi connectivity index (χ0v) is 7.12. The molecule has 0 aliphatic rings. The molecule has 0 radical (unpaired) electrons. The Morgan fingerprint density at radius 2 is 2.70 bits per heavy atom. The van der Waals surface area contributed by atoms with Crippen LogP contribution in [-0.4, -0.2) is 36.5 Å². The fraction of sp³-hybridized carbons (Fsp3) is 0.400. The van der Waals surface area contributed by atoms with Gasteiger partial charge in [-0.2, -0.15) is 0 Å². The van der Waals surface area contributed by atoms with E-state index in [1.165, 1.54) is 6.20 Å². The van der Waals surface area contributed by atoms with Gasteiger partial charge in [0.2, 0.25) is 0 Å². The van der Waals surface area contributed by atoms with Gasteiger partial charge in [-0.15, -0.1) is 0 Å². The van der Waals surface area contributed by atoms with Crippen LogP contribution in [0.4, 0.5) is 0 Å². The molecule has 1 heterocycles. The summed E-state index contributed by atoms with van der Waals surface area (Å²) >= 11 is -0.147. The van der Waals surface area contributed by atoms with Crippen molar-refractivity contribution in [2.24, 2.45) is 0 Å². The maximum absolute atomic E-state index is 10.9. The van der Waals surface area contributed by atoms with E-state index in [1.807, 2.05) is 0 Å². The molecule has 10 heavy (non-hydrogen) atoms. The number of esters is 1. The van der Waals surface area contributed by atoms with Crippen LogP contribution in [0.15, 0.2) is 6.20 Å². The number of carbonyl (C=O) groups is 1. The Labute approximate surface area is 64.2 Å². The normalized spacial score (nSPS) is 9.30. The zero-order chi connectivity index (χ0) is 7.40. The van der Waals surface area contributed by atoms with Gasteiger partial charge in [-0.05, 0) is 0 Å². The van der Waals surface area contributed by atoms with Gasteiger partial charge >= 0.3 is 63.6 Å². The molecule has 54 valence electrons. The van der Waals surface area contributed by atoms with Gasteiger partial charge in [0.15, 0.2) is 0 Å². The second-order valence-corrected chi connectivity index (χ2v) is 3.15. The van der Waals surface area contributed by atoms with Crippen LogP contribution in [0, 0.1) is 0 Å². The summed E-state index contributed by atoms with van der Waals surface area (Å²) in [6.45, 7) is 2.18. The molecule has 1 aromatic heterocycles. The molecule has 1 rings (SSSR count). The molecular weight excluding hydrogens is 199 g/mol. The van der Waals surface area contributed by atoms with E-state index >= 15 is 0 Å². The number of hydrogen-bond donors (Lipinski definition) is 0. The summed E-state index contributed by atoms with van der Waals surface area (Å²) in [7, 11) is 0. The first-order valence-corrected chi connectivity index (χ1v) is 4.41. The average Bonchev–Trinajstić information content (AvgIpc) is 2.38. The van der Waals surface area contributed by atoms with Crippen LogP contribution >= 0.6 is 0 Å². The number of aromatic nitrogens is 2. The van der Waals surface area contributed by atoms with Gasteiger partial charge in [-0.1, -0.05) is 0 Å². The van der Waals surface area contributed by atoms with Gasteiger partial charge in [-0.25, -0.2) is 0 Å². The summed E-state index contributed by atoms with van der Waals surface area (Å²) in [6, 6.07) is 0. The van der Waals surface area contributed by atoms with Gasteiger partial charge < -0.3 is 0 Å². The SMILES string of the molecule is CCOC(=O)c1cnn[se]1. The van der Waals surface area contributed by atoms with Crippen molar-refractivity contribution >= 4 is 20.7 Å². The molecule has 0 fully saturated rings. The summed E-state index contributed by atoms with van der Waals surface area (Å²) in [5, 5.41) is 3.56. The van der Waals surface area contributed by atoms with E-state index in [9.17, 15) is 4.79 Å². The molecule has 0 N–H and O–H groups in total. The molecule has 0 saturated heterocycles. The van der Waals surface area contributed by atoms with Crippen molar-refractivity contribution in [1.29, 1.82) is 0 Å². The summed E-state index contributed by atoms with van der Waals surface area (Å²) < 4.78 is 8.97. The van der Waals surface area contributed by atoms with Crippen LogP contribution in [0.25, 0.3) is 0 Å². The van der Waals surface area contributed by atoms with Crippen molar-refractivity contribution in [1.82, 2.24) is 9.19 Å². The van der Waals surface area contributed by atoms with E-state index in [4.69, 9.17) is 4.74 Å². The topological polar surface area (TPSA) is 52.1 Å². The van der Waals surface area contributed by atoms with E-state index in [1.54, 1.807) is 6.92 Å². The first-order valence-electron chi connectivity index (χ1n) is 2.79. The fourth-order valence-electron chi connectivity index (χ4n) is 0.459. The Morgan fingerprint density at radius 1 is 1.90 bits per heavy atom. The number of carbonyl (C=O) groups excluding carboxylic acids is 1. The third-order valence-corrected chi connectivity index (χ3v) is 2.19. The molecule has 0 atom stereocenters. The molecule has 0 unspecified atom stereocenters. The molecule has 0 saturated carbocycles. The number of nitrogens with zero attached hydrogens (tertiary/aromatic N) is 2. The van der Waals surface area contributed by atoms with Crippen molar-refractivity contribution in [2.45, 2.75) is 6.92 Å². The molecular formula is C5H6N2O2Se. The van der Waals surface area contributed by atoms with E-state index in [0.29, 0.717) is 11.0 Å². The standard InChI is InChI=1S/C5H6N2O2Se/c1-2-9-5(8)4-3-6-7-10-4/h3H,2H2,1H3. The van der Waals surface area contributed by atoms with Crippen molar-refractivity contribution in [3.8, 4) is 0 Å². The Hall–Kier alpha value is -0.671. The Morgan fingerprint density at radius 3 is 3.20 bits per heavy atom. The van der Waals surface area contributed by atoms with Gasteiger partial charge in [0.1, 0.15) is 0 Å². The van der Waals surface area contributed by atoms with Crippen molar-refractivity contribution in [2.75, 3.05) is 6.61 Å². The molecule has 0 bridgehead atoms. The molecule has 0 amide bonds. The minimum absolute atomic E-state index is 0.147. The minimum atomic E-state index is -0.285. The Kier molecular flexibility index (Phi) is 2.59. The molecule has 0 aliphatic heterocycles. The number of hydrogen-bond acceptors (Lipinski definition) is 4. The molecule has 4 nitrogen and oxygen atoms in total. The monoisotopic (exact) mass is 206 g/mol. The Balaban J connectivity index is 2.59. The van der Waals surface area contributed by atoms with Gasteiger partial charge in [0.25, 0.3) is 0 Å². The molecule has 0 spiro atoms. The van der Waals surface area contributed by atoms with Gasteiger partial charge in [-0.3, -0.25) is 0 Å². The quantitative estimate of drug-likeness (QED) is 0.491. The van der Waals surface area contributed by atoms with Crippen LogP contribution in [0.2, 0.25) is 0 Å². The number of rotatable bonds is 2. The zero-order valence-electron chi connectivity index (χ0n) is 5.40. The average molecular weight is 205 g/mol. The van der Waals surface area contributed by atoms with Crippen molar-refractivity contribution < 1.29 is 9.53 Å². The van der Waals surface area contributed by atoms with Crippen LogP contribution in [0.1, 0.15) is 16.2 Å². The molecule has 0 aliphatic carbocycles. The second-order valence-electron chi connectivity index (χ2n) is 1.50. The van der Waals surface area contributed by atoms with E-state index < -0.39 is 0 Å². The summed E-state index contributed by atoms with van der Waals surface area (Å²) in [5.41, 5.74) is 0. The third-order valence-electron chi connectivity index (χ3n) is 0.838.